The molecule has 0 unspecified atom stereocenters. The molecule has 1 rings (SSSR count). The first-order valence-corrected chi connectivity index (χ1v) is 6.25. The summed E-state index contributed by atoms with van der Waals surface area (Å²) in [6.07, 6.45) is -4.30. The number of hydrogen-bond acceptors (Lipinski definition) is 2. The van der Waals surface area contributed by atoms with E-state index in [1.807, 2.05) is 27.7 Å². The Hall–Kier alpha value is -1.52. The van der Waals surface area contributed by atoms with Gasteiger partial charge in [-0.25, -0.2) is 0 Å². The molecule has 0 aromatic heterocycles. The normalized spacial score (nSPS) is 12.9. The summed E-state index contributed by atoms with van der Waals surface area (Å²) in [5.41, 5.74) is 0.967. The van der Waals surface area contributed by atoms with Crippen molar-refractivity contribution in [2.45, 2.75) is 33.9 Å². The first-order valence-electron chi connectivity index (χ1n) is 6.25. The molecule has 0 spiro atoms. The minimum Gasteiger partial charge on any atom is -0.266 e. The van der Waals surface area contributed by atoms with Gasteiger partial charge in [0.1, 0.15) is 0 Å². The van der Waals surface area contributed by atoms with E-state index in [1.165, 1.54) is 12.1 Å². The van der Waals surface area contributed by atoms with Crippen LogP contribution in [0.15, 0.2) is 29.4 Å². The van der Waals surface area contributed by atoms with E-state index < -0.39 is 11.7 Å². The van der Waals surface area contributed by atoms with Crippen molar-refractivity contribution in [3.63, 3.8) is 0 Å². The monoisotopic (exact) mass is 272 g/mol. The molecule has 0 bridgehead atoms. The van der Waals surface area contributed by atoms with Gasteiger partial charge < -0.3 is 0 Å². The van der Waals surface area contributed by atoms with Gasteiger partial charge in [-0.3, -0.25) is 5.01 Å². The Balaban J connectivity index is 2.98. The molecule has 19 heavy (non-hydrogen) atoms. The number of nitrogens with zero attached hydrogens (tertiary/aromatic N) is 2. The van der Waals surface area contributed by atoms with Crippen molar-refractivity contribution in [1.29, 1.82) is 0 Å². The van der Waals surface area contributed by atoms with E-state index in [0.717, 1.165) is 17.8 Å². The molecule has 0 N–H and O–H groups in total. The number of hydrogen-bond donors (Lipinski definition) is 0. The van der Waals surface area contributed by atoms with Crippen molar-refractivity contribution in [2.75, 3.05) is 11.6 Å². The Morgan fingerprint density at radius 2 is 1.74 bits per heavy atom. The summed E-state index contributed by atoms with van der Waals surface area (Å²) in [5.74, 6) is 0.309. The molecule has 0 aliphatic carbocycles. The summed E-state index contributed by atoms with van der Waals surface area (Å²) < 4.78 is 37.4. The molecule has 0 aliphatic rings. The summed E-state index contributed by atoms with van der Waals surface area (Å²) in [7, 11) is 0. The predicted octanol–water partition coefficient (Wildman–Crippen LogP) is 4.56. The van der Waals surface area contributed by atoms with Crippen LogP contribution in [-0.2, 0) is 6.18 Å². The van der Waals surface area contributed by atoms with Crippen LogP contribution in [0.3, 0.4) is 0 Å². The van der Waals surface area contributed by atoms with Crippen LogP contribution in [0.5, 0.6) is 0 Å². The highest BCUT2D eigenvalue weighted by Gasteiger charge is 2.30. The minimum atomic E-state index is -4.30. The molecular formula is C14H19F3N2. The fourth-order valence-electron chi connectivity index (χ4n) is 1.44. The third-order valence-electron chi connectivity index (χ3n) is 2.91. The highest BCUT2D eigenvalue weighted by Crippen LogP contribution is 2.30. The predicted molar refractivity (Wildman–Crippen MR) is 72.4 cm³/mol. The Kier molecular flexibility index (Phi) is 4.97. The minimum absolute atomic E-state index is 0.309. The third-order valence-corrected chi connectivity index (χ3v) is 2.91. The number of rotatable bonds is 4. The second kappa shape index (κ2) is 6.08. The van der Waals surface area contributed by atoms with E-state index in [-0.39, 0.29) is 0 Å². The van der Waals surface area contributed by atoms with Crippen molar-refractivity contribution < 1.29 is 13.2 Å². The van der Waals surface area contributed by atoms with E-state index in [0.29, 0.717) is 18.2 Å². The van der Waals surface area contributed by atoms with Crippen LogP contribution in [0.2, 0.25) is 0 Å². The molecule has 0 saturated heterocycles. The molecule has 0 aliphatic heterocycles. The second-order valence-corrected chi connectivity index (χ2v) is 4.66. The van der Waals surface area contributed by atoms with Crippen LogP contribution in [0.25, 0.3) is 0 Å². The van der Waals surface area contributed by atoms with Gasteiger partial charge >= 0.3 is 6.18 Å². The Morgan fingerprint density at radius 1 is 1.21 bits per heavy atom. The molecule has 0 atom stereocenters. The van der Waals surface area contributed by atoms with Crippen LogP contribution in [0.1, 0.15) is 33.3 Å². The molecule has 0 heterocycles. The molecule has 2 nitrogen and oxygen atoms in total. The SMILES string of the molecule is CCN(/N=C(/C)C(C)C)c1ccc(C(F)(F)F)cc1. The first kappa shape index (κ1) is 15.5. The van der Waals surface area contributed by atoms with E-state index in [4.69, 9.17) is 0 Å². The molecule has 1 aromatic carbocycles. The lowest BCUT2D eigenvalue weighted by atomic mass is 10.1. The number of halogens is 3. The molecule has 1 aromatic rings. The highest BCUT2D eigenvalue weighted by molar-refractivity contribution is 5.84. The molecule has 5 heteroatoms. The summed E-state index contributed by atoms with van der Waals surface area (Å²) in [4.78, 5) is 0. The number of anilines is 1. The van der Waals surface area contributed by atoms with Crippen molar-refractivity contribution >= 4 is 11.4 Å². The topological polar surface area (TPSA) is 15.6 Å². The van der Waals surface area contributed by atoms with E-state index >= 15 is 0 Å². The van der Waals surface area contributed by atoms with Gasteiger partial charge in [0.15, 0.2) is 0 Å². The molecule has 0 saturated carbocycles. The zero-order valence-electron chi connectivity index (χ0n) is 11.6. The Bertz CT molecular complexity index is 433. The van der Waals surface area contributed by atoms with Gasteiger partial charge in [0.2, 0.25) is 0 Å². The maximum absolute atomic E-state index is 12.5. The highest BCUT2D eigenvalue weighted by atomic mass is 19.4. The molecular weight excluding hydrogens is 253 g/mol. The summed E-state index contributed by atoms with van der Waals surface area (Å²) in [6.45, 7) is 8.49. The number of hydrazone groups is 1. The van der Waals surface area contributed by atoms with E-state index in [9.17, 15) is 13.2 Å². The summed E-state index contributed by atoms with van der Waals surface area (Å²) in [6, 6.07) is 5.06. The van der Waals surface area contributed by atoms with Crippen molar-refractivity contribution in [3.05, 3.63) is 29.8 Å². The molecule has 0 fully saturated rings. The maximum Gasteiger partial charge on any atom is 0.416 e. The maximum atomic E-state index is 12.5. The van der Waals surface area contributed by atoms with Gasteiger partial charge in [0, 0.05) is 12.3 Å². The van der Waals surface area contributed by atoms with Crippen LogP contribution < -0.4 is 5.01 Å². The van der Waals surface area contributed by atoms with Crippen molar-refractivity contribution in [2.24, 2.45) is 11.0 Å². The average molecular weight is 272 g/mol. The summed E-state index contributed by atoms with van der Waals surface area (Å²) in [5, 5.41) is 6.13. The number of alkyl halides is 3. The van der Waals surface area contributed by atoms with Crippen LogP contribution in [0.4, 0.5) is 18.9 Å². The summed E-state index contributed by atoms with van der Waals surface area (Å²) >= 11 is 0. The standard InChI is InChI=1S/C14H19F3N2/c1-5-19(18-11(4)10(2)3)13-8-6-12(7-9-13)14(15,16)17/h6-10H,5H2,1-4H3/b18-11-. The van der Waals surface area contributed by atoms with E-state index in [1.54, 1.807) is 5.01 Å². The zero-order chi connectivity index (χ0) is 14.6. The smallest absolute Gasteiger partial charge is 0.266 e. The molecule has 0 amide bonds. The average Bonchev–Trinajstić information content (AvgIpc) is 2.34. The zero-order valence-corrected chi connectivity index (χ0v) is 11.6. The third kappa shape index (κ3) is 4.26. The lowest BCUT2D eigenvalue weighted by molar-refractivity contribution is -0.137. The quantitative estimate of drug-likeness (QED) is 0.579. The number of benzene rings is 1. The van der Waals surface area contributed by atoms with Gasteiger partial charge in [-0.05, 0) is 44.0 Å². The van der Waals surface area contributed by atoms with Crippen LogP contribution >= 0.6 is 0 Å². The van der Waals surface area contributed by atoms with Crippen molar-refractivity contribution in [3.8, 4) is 0 Å². The van der Waals surface area contributed by atoms with Crippen molar-refractivity contribution in [1.82, 2.24) is 0 Å². The molecule has 106 valence electrons. The Labute approximate surface area is 111 Å². The lowest BCUT2D eigenvalue weighted by Gasteiger charge is -2.20. The first-order chi connectivity index (χ1) is 8.75. The van der Waals surface area contributed by atoms with Gasteiger partial charge in [-0.15, -0.1) is 0 Å². The van der Waals surface area contributed by atoms with Crippen LogP contribution in [-0.4, -0.2) is 12.3 Å². The van der Waals surface area contributed by atoms with Gasteiger partial charge in [0.05, 0.1) is 11.3 Å². The second-order valence-electron chi connectivity index (χ2n) is 4.66. The van der Waals surface area contributed by atoms with Gasteiger partial charge in [-0.2, -0.15) is 18.3 Å². The van der Waals surface area contributed by atoms with E-state index in [2.05, 4.69) is 5.10 Å². The largest absolute Gasteiger partial charge is 0.416 e. The fourth-order valence-corrected chi connectivity index (χ4v) is 1.44. The lowest BCUT2D eigenvalue weighted by Crippen LogP contribution is -2.19. The van der Waals surface area contributed by atoms with Gasteiger partial charge in [0.25, 0.3) is 0 Å². The fraction of sp³-hybridized carbons (Fsp3) is 0.500. The van der Waals surface area contributed by atoms with Gasteiger partial charge in [-0.1, -0.05) is 13.8 Å². The van der Waals surface area contributed by atoms with Crippen LogP contribution in [0, 0.1) is 5.92 Å². The Morgan fingerprint density at radius 3 is 2.11 bits per heavy atom. The molecule has 0 radical (unpaired) electrons.